The Hall–Kier alpha value is -1.38. The minimum atomic E-state index is -2.57. The second-order valence-corrected chi connectivity index (χ2v) is 18.8. The van der Waals surface area contributed by atoms with Crippen molar-refractivity contribution in [1.82, 2.24) is 19.5 Å². The minimum Gasteiger partial charge on any atom is -0.414 e. The fourth-order valence-electron chi connectivity index (χ4n) is 5.97. The van der Waals surface area contributed by atoms with Gasteiger partial charge >= 0.3 is 17.1 Å². The van der Waals surface area contributed by atoms with Gasteiger partial charge in [-0.05, 0) is 28.6 Å². The van der Waals surface area contributed by atoms with Gasteiger partial charge in [0.25, 0.3) is 5.56 Å². The summed E-state index contributed by atoms with van der Waals surface area (Å²) < 4.78 is 29.3. The molecule has 0 amide bonds. The van der Waals surface area contributed by atoms with Crippen LogP contribution < -0.4 is 5.56 Å². The van der Waals surface area contributed by atoms with E-state index < -0.39 is 17.1 Å². The van der Waals surface area contributed by atoms with E-state index >= 15 is 0 Å². The highest BCUT2D eigenvalue weighted by Gasteiger charge is 2.65. The summed E-state index contributed by atoms with van der Waals surface area (Å²) in [5.74, 6) is 0. The smallest absolute Gasteiger partial charge is 0.335 e. The predicted octanol–water partition coefficient (Wildman–Crippen LogP) is 3.73. The summed E-state index contributed by atoms with van der Waals surface area (Å²) in [6, 6.07) is 0. The van der Waals surface area contributed by atoms with Gasteiger partial charge in [-0.2, -0.15) is 0 Å². The van der Waals surface area contributed by atoms with Crippen molar-refractivity contribution in [2.24, 2.45) is 0 Å². The lowest BCUT2D eigenvalue weighted by atomic mass is 10.2. The van der Waals surface area contributed by atoms with E-state index in [1.165, 1.54) is 6.33 Å². The zero-order valence-electron chi connectivity index (χ0n) is 19.7. The number of aromatic nitrogens is 4. The van der Waals surface area contributed by atoms with E-state index in [-0.39, 0.29) is 24.0 Å². The molecule has 176 valence electrons. The molecule has 3 aliphatic heterocycles. The number of hydrogen-bond donors (Lipinski definition) is 1. The number of imidazole rings is 1. The van der Waals surface area contributed by atoms with Crippen molar-refractivity contribution in [1.29, 1.82) is 0 Å². The zero-order chi connectivity index (χ0) is 22.8. The largest absolute Gasteiger partial charge is 0.414 e. The van der Waals surface area contributed by atoms with Crippen molar-refractivity contribution >= 4 is 28.3 Å². The van der Waals surface area contributed by atoms with Gasteiger partial charge in [-0.25, -0.2) is 9.97 Å². The van der Waals surface area contributed by atoms with Crippen LogP contribution in [0.4, 0.5) is 0 Å². The Bertz CT molecular complexity index is 1060. The quantitative estimate of drug-likeness (QED) is 0.671. The van der Waals surface area contributed by atoms with Gasteiger partial charge < -0.3 is 22.7 Å². The maximum atomic E-state index is 12.1. The molecule has 5 rings (SSSR count). The molecule has 9 nitrogen and oxygen atoms in total. The van der Waals surface area contributed by atoms with Gasteiger partial charge in [0.05, 0.1) is 25.4 Å². The fourth-order valence-corrected chi connectivity index (χ4v) is 18.0. The molecule has 0 saturated carbocycles. The number of H-pyrrole nitrogens is 1. The van der Waals surface area contributed by atoms with E-state index in [1.54, 1.807) is 6.33 Å². The first-order valence-electron chi connectivity index (χ1n) is 11.8. The van der Waals surface area contributed by atoms with Crippen LogP contribution >= 0.6 is 0 Å². The van der Waals surface area contributed by atoms with Crippen LogP contribution in [0.3, 0.4) is 0 Å². The molecule has 3 fully saturated rings. The topological polar surface area (TPSA) is 100 Å². The number of fused-ring (bicyclic) bond motifs is 4. The van der Waals surface area contributed by atoms with Gasteiger partial charge in [0.2, 0.25) is 0 Å². The van der Waals surface area contributed by atoms with Crippen molar-refractivity contribution in [3.63, 3.8) is 0 Å². The Kier molecular flexibility index (Phi) is 5.50. The molecule has 0 aliphatic carbocycles. The van der Waals surface area contributed by atoms with Gasteiger partial charge in [-0.15, -0.1) is 0 Å². The highest BCUT2D eigenvalue weighted by atomic mass is 28.5. The average molecular weight is 479 g/mol. The minimum absolute atomic E-state index is 0.122. The predicted molar refractivity (Wildman–Crippen MR) is 124 cm³/mol. The van der Waals surface area contributed by atoms with E-state index in [0.717, 1.165) is 6.42 Å². The summed E-state index contributed by atoms with van der Waals surface area (Å²) in [5, 5.41) is 0. The molecule has 0 aromatic carbocycles. The number of hydrogen-bond acceptors (Lipinski definition) is 7. The SMILES string of the molecule is CC(C)[Si]12OCC3OC(n4cnc5c(=O)[nH]cnc54)CC3O[Si](C(C)C)(O1)C(C)CC2C. The average Bonchev–Trinajstić information content (AvgIpc) is 3.32. The van der Waals surface area contributed by atoms with Crippen LogP contribution in [-0.2, 0) is 17.7 Å². The first-order valence-corrected chi connectivity index (χ1v) is 15.7. The number of aromatic amines is 1. The number of ether oxygens (including phenoxy) is 1. The highest BCUT2D eigenvalue weighted by Crippen LogP contribution is 2.55. The summed E-state index contributed by atoms with van der Waals surface area (Å²) >= 11 is 0. The molecule has 3 saturated heterocycles. The summed E-state index contributed by atoms with van der Waals surface area (Å²) in [4.78, 5) is 23.3. The normalized spacial score (nSPS) is 39.9. The maximum absolute atomic E-state index is 12.1. The Morgan fingerprint density at radius 1 is 1.06 bits per heavy atom. The zero-order valence-corrected chi connectivity index (χ0v) is 21.7. The van der Waals surface area contributed by atoms with E-state index in [2.05, 4.69) is 56.5 Å². The Morgan fingerprint density at radius 3 is 2.50 bits per heavy atom. The van der Waals surface area contributed by atoms with Gasteiger partial charge in [-0.3, -0.25) is 9.36 Å². The summed E-state index contributed by atoms with van der Waals surface area (Å²) in [5.41, 5.74) is 2.02. The van der Waals surface area contributed by atoms with Crippen molar-refractivity contribution in [2.75, 3.05) is 6.61 Å². The molecule has 2 aromatic heterocycles. The lowest BCUT2D eigenvalue weighted by Crippen LogP contribution is -2.68. The molecule has 11 heteroatoms. The number of nitrogens with one attached hydrogen (secondary N) is 1. The van der Waals surface area contributed by atoms with Gasteiger partial charge in [-0.1, -0.05) is 41.5 Å². The second-order valence-electron chi connectivity index (χ2n) is 10.3. The lowest BCUT2D eigenvalue weighted by molar-refractivity contribution is -0.0570. The Labute approximate surface area is 190 Å². The summed E-state index contributed by atoms with van der Waals surface area (Å²) in [6.07, 6.45) is 4.16. The molecule has 1 N–H and O–H groups in total. The van der Waals surface area contributed by atoms with E-state index in [9.17, 15) is 4.79 Å². The Morgan fingerprint density at radius 2 is 1.78 bits per heavy atom. The molecule has 3 aliphatic rings. The van der Waals surface area contributed by atoms with E-state index in [0.29, 0.717) is 46.4 Å². The lowest BCUT2D eigenvalue weighted by Gasteiger charge is -2.56. The molecule has 0 radical (unpaired) electrons. The fraction of sp³-hybridized carbons (Fsp3) is 0.762. The van der Waals surface area contributed by atoms with Crippen molar-refractivity contribution in [3.05, 3.63) is 23.0 Å². The van der Waals surface area contributed by atoms with Gasteiger partial charge in [0.1, 0.15) is 12.3 Å². The number of nitrogens with zero attached hydrogens (tertiary/aromatic N) is 3. The van der Waals surface area contributed by atoms with Crippen LogP contribution in [0.2, 0.25) is 22.2 Å². The molecule has 2 bridgehead atoms. The van der Waals surface area contributed by atoms with Crippen LogP contribution in [0.5, 0.6) is 0 Å². The van der Waals surface area contributed by atoms with Crippen LogP contribution in [0, 0.1) is 0 Å². The molecule has 32 heavy (non-hydrogen) atoms. The van der Waals surface area contributed by atoms with Crippen molar-refractivity contribution < 1.29 is 17.7 Å². The molecule has 2 aromatic rings. The first kappa shape index (κ1) is 22.4. The molecular formula is C21H34N4O5Si2. The van der Waals surface area contributed by atoms with Crippen LogP contribution in [0.1, 0.15) is 60.6 Å². The van der Waals surface area contributed by atoms with Gasteiger partial charge in [0, 0.05) is 6.42 Å². The maximum Gasteiger partial charge on any atom is 0.335 e. The molecule has 0 spiro atoms. The first-order chi connectivity index (χ1) is 15.2. The van der Waals surface area contributed by atoms with Crippen molar-refractivity contribution in [2.45, 2.75) is 95.0 Å². The van der Waals surface area contributed by atoms with Crippen LogP contribution in [-0.4, -0.2) is 55.5 Å². The van der Waals surface area contributed by atoms with E-state index in [1.807, 2.05) is 4.57 Å². The molecular weight excluding hydrogens is 444 g/mol. The third-order valence-corrected chi connectivity index (χ3v) is 18.0. The highest BCUT2D eigenvalue weighted by molar-refractivity contribution is 6.85. The van der Waals surface area contributed by atoms with Crippen LogP contribution in [0.15, 0.2) is 17.4 Å². The second kappa shape index (κ2) is 7.84. The standard InChI is InChI=1S/C21H34N4O5Si2/c1-12(2)31-14(5)7-15(6)32(30-31,13(3)4)29-16-8-18(28-17(16)9-27-31)25-11-24-19-20(25)22-10-23-21(19)26/h10-18H,7-9H2,1-6H3,(H,22,23,26). The van der Waals surface area contributed by atoms with E-state index in [4.69, 9.17) is 17.7 Å². The third kappa shape index (κ3) is 3.20. The van der Waals surface area contributed by atoms with Crippen molar-refractivity contribution in [3.8, 4) is 0 Å². The third-order valence-electron chi connectivity index (χ3n) is 7.67. The number of rotatable bonds is 3. The molecule has 7 unspecified atom stereocenters. The Balaban J connectivity index is 1.52. The summed E-state index contributed by atoms with van der Waals surface area (Å²) in [6.45, 7) is 14.0. The monoisotopic (exact) mass is 478 g/mol. The summed E-state index contributed by atoms with van der Waals surface area (Å²) in [7, 11) is -5.07. The van der Waals surface area contributed by atoms with Crippen LogP contribution in [0.25, 0.3) is 11.2 Å². The molecule has 5 heterocycles. The molecule has 7 atom stereocenters. The van der Waals surface area contributed by atoms with Gasteiger partial charge in [0.15, 0.2) is 11.2 Å².